The maximum Gasteiger partial charge on any atom is 0.250 e. The van der Waals surface area contributed by atoms with Gasteiger partial charge >= 0.3 is 0 Å². The van der Waals surface area contributed by atoms with Gasteiger partial charge in [0.05, 0.1) is 0 Å². The van der Waals surface area contributed by atoms with E-state index in [1.165, 1.54) is 16.7 Å². The monoisotopic (exact) mass is 470 g/mol. The zero-order chi connectivity index (χ0) is 24.3. The molecule has 3 rings (SSSR count). The molecular formula is C25H27FN2O4S. The second-order valence-electron chi connectivity index (χ2n) is 7.81. The van der Waals surface area contributed by atoms with Gasteiger partial charge in [0.15, 0.2) is 0 Å². The van der Waals surface area contributed by atoms with E-state index in [4.69, 9.17) is 4.74 Å². The zero-order valence-electron chi connectivity index (χ0n) is 19.1. The van der Waals surface area contributed by atoms with E-state index in [0.717, 1.165) is 16.5 Å². The van der Waals surface area contributed by atoms with Crippen molar-refractivity contribution < 1.29 is 17.5 Å². The van der Waals surface area contributed by atoms with Crippen LogP contribution in [0, 0.1) is 19.7 Å². The van der Waals surface area contributed by atoms with Crippen molar-refractivity contribution in [1.29, 1.82) is 0 Å². The Bertz CT molecular complexity index is 1350. The van der Waals surface area contributed by atoms with Gasteiger partial charge < -0.3 is 9.30 Å². The summed E-state index contributed by atoms with van der Waals surface area (Å²) < 4.78 is 48.1. The number of aromatic nitrogens is 1. The van der Waals surface area contributed by atoms with Crippen LogP contribution in [0.4, 0.5) is 4.39 Å². The first-order chi connectivity index (χ1) is 15.6. The number of hydrogen-bond donors (Lipinski definition) is 1. The minimum Gasteiger partial charge on any atom is -0.456 e. The zero-order valence-corrected chi connectivity index (χ0v) is 19.9. The van der Waals surface area contributed by atoms with Crippen LogP contribution in [0.1, 0.15) is 29.2 Å². The van der Waals surface area contributed by atoms with Gasteiger partial charge in [-0.05, 0) is 60.7 Å². The summed E-state index contributed by atoms with van der Waals surface area (Å²) in [4.78, 5) is 12.3. The fourth-order valence-corrected chi connectivity index (χ4v) is 4.18. The van der Waals surface area contributed by atoms with Gasteiger partial charge in [0.2, 0.25) is 10.0 Å². The van der Waals surface area contributed by atoms with Crippen LogP contribution in [0.5, 0.6) is 11.5 Å². The molecule has 0 atom stereocenters. The normalized spacial score (nSPS) is 11.4. The lowest BCUT2D eigenvalue weighted by Gasteiger charge is -2.20. The molecule has 0 amide bonds. The molecule has 0 spiro atoms. The van der Waals surface area contributed by atoms with Crippen LogP contribution in [0.15, 0.2) is 59.4 Å². The lowest BCUT2D eigenvalue weighted by atomic mass is 9.94. The molecule has 0 aliphatic heterocycles. The quantitative estimate of drug-likeness (QED) is 0.517. The number of rotatable bonds is 8. The highest BCUT2D eigenvalue weighted by molar-refractivity contribution is 7.92. The van der Waals surface area contributed by atoms with Crippen LogP contribution in [0.3, 0.4) is 0 Å². The summed E-state index contributed by atoms with van der Waals surface area (Å²) in [6.45, 7) is 8.79. The molecule has 1 heterocycles. The number of sulfonamides is 1. The van der Waals surface area contributed by atoms with Crippen LogP contribution < -0.4 is 15.0 Å². The molecule has 0 radical (unpaired) electrons. The highest BCUT2D eigenvalue weighted by atomic mass is 32.2. The van der Waals surface area contributed by atoms with Crippen LogP contribution in [0.2, 0.25) is 0 Å². The van der Waals surface area contributed by atoms with Gasteiger partial charge in [-0.1, -0.05) is 25.6 Å². The predicted molar refractivity (Wildman–Crippen MR) is 128 cm³/mol. The number of pyridine rings is 1. The summed E-state index contributed by atoms with van der Waals surface area (Å²) in [5, 5.41) is 0.849. The molecule has 1 aromatic heterocycles. The Hall–Kier alpha value is -3.23. The number of ether oxygens (including phenoxy) is 1. The topological polar surface area (TPSA) is 77.4 Å². The van der Waals surface area contributed by atoms with Gasteiger partial charge in [0, 0.05) is 42.4 Å². The largest absolute Gasteiger partial charge is 0.456 e. The molecule has 0 aliphatic rings. The lowest BCUT2D eigenvalue weighted by molar-refractivity contribution is 0.473. The Morgan fingerprint density at radius 2 is 1.82 bits per heavy atom. The number of nitrogens with one attached hydrogen (secondary N) is 1. The van der Waals surface area contributed by atoms with E-state index in [9.17, 15) is 17.6 Å². The first kappa shape index (κ1) is 24.4. The third-order valence-corrected chi connectivity index (χ3v) is 6.38. The fraction of sp³-hybridized carbons (Fsp3) is 0.240. The molecule has 3 aromatic rings. The maximum absolute atomic E-state index is 13.8. The van der Waals surface area contributed by atoms with E-state index in [1.54, 1.807) is 51.4 Å². The maximum atomic E-state index is 13.8. The molecule has 8 heteroatoms. The Morgan fingerprint density at radius 1 is 1.15 bits per heavy atom. The molecule has 1 N–H and O–H groups in total. The number of aryl methyl sites for hydroxylation is 4. The molecule has 174 valence electrons. The Kier molecular flexibility index (Phi) is 7.19. The minimum absolute atomic E-state index is 0.00569. The summed E-state index contributed by atoms with van der Waals surface area (Å²) >= 11 is 0. The van der Waals surface area contributed by atoms with E-state index < -0.39 is 10.0 Å². The van der Waals surface area contributed by atoms with Crippen molar-refractivity contribution >= 4 is 10.0 Å². The van der Waals surface area contributed by atoms with Gasteiger partial charge in [0.25, 0.3) is 5.56 Å². The predicted octanol–water partition coefficient (Wildman–Crippen LogP) is 4.73. The van der Waals surface area contributed by atoms with Crippen molar-refractivity contribution in [3.8, 4) is 22.6 Å². The summed E-state index contributed by atoms with van der Waals surface area (Å²) in [5.74, 6) is 0.636. The molecule has 0 fully saturated rings. The smallest absolute Gasteiger partial charge is 0.250 e. The molecule has 0 saturated heterocycles. The summed E-state index contributed by atoms with van der Waals surface area (Å²) in [6.07, 6.45) is 2.31. The number of benzene rings is 2. The number of nitrogens with zero attached hydrogens (tertiary/aromatic N) is 1. The third-order valence-electron chi connectivity index (χ3n) is 5.40. The summed E-state index contributed by atoms with van der Waals surface area (Å²) in [6, 6.07) is 9.69. The molecular weight excluding hydrogens is 443 g/mol. The second-order valence-corrected chi connectivity index (χ2v) is 9.52. The van der Waals surface area contributed by atoms with Gasteiger partial charge in [-0.3, -0.25) is 4.79 Å². The lowest BCUT2D eigenvalue weighted by Crippen LogP contribution is -2.21. The first-order valence-corrected chi connectivity index (χ1v) is 12.0. The van der Waals surface area contributed by atoms with Crippen molar-refractivity contribution in [3.05, 3.63) is 93.0 Å². The number of halogens is 1. The Labute approximate surface area is 193 Å². The third kappa shape index (κ3) is 5.40. The van der Waals surface area contributed by atoms with E-state index in [2.05, 4.69) is 11.3 Å². The van der Waals surface area contributed by atoms with Gasteiger partial charge in [-0.15, -0.1) is 0 Å². The fourth-order valence-electron chi connectivity index (χ4n) is 3.71. The van der Waals surface area contributed by atoms with Crippen molar-refractivity contribution in [2.24, 2.45) is 7.05 Å². The molecule has 2 aromatic carbocycles. The molecule has 33 heavy (non-hydrogen) atoms. The summed E-state index contributed by atoms with van der Waals surface area (Å²) in [7, 11) is -2.01. The molecule has 0 saturated carbocycles. The van der Waals surface area contributed by atoms with Crippen LogP contribution in [-0.2, 0) is 30.0 Å². The molecule has 6 nitrogen and oxygen atoms in total. The van der Waals surface area contributed by atoms with E-state index in [-0.39, 0.29) is 17.9 Å². The van der Waals surface area contributed by atoms with Crippen molar-refractivity contribution in [2.45, 2.75) is 33.7 Å². The van der Waals surface area contributed by atoms with E-state index in [0.29, 0.717) is 40.2 Å². The van der Waals surface area contributed by atoms with Crippen molar-refractivity contribution in [1.82, 2.24) is 9.29 Å². The molecule has 0 unspecified atom stereocenters. The number of hydrogen-bond acceptors (Lipinski definition) is 4. The van der Waals surface area contributed by atoms with Crippen LogP contribution in [-0.4, -0.2) is 13.0 Å². The van der Waals surface area contributed by atoms with Crippen LogP contribution in [0.25, 0.3) is 11.1 Å². The Morgan fingerprint density at radius 3 is 2.42 bits per heavy atom. The minimum atomic E-state index is -3.66. The highest BCUT2D eigenvalue weighted by Gasteiger charge is 2.19. The van der Waals surface area contributed by atoms with Crippen LogP contribution >= 0.6 is 0 Å². The van der Waals surface area contributed by atoms with Gasteiger partial charge in [-0.2, -0.15) is 0 Å². The SMILES string of the molecule is C=CS(=O)(=O)NCc1cccc(Oc2c(C)cc(F)cc2C)c1-c1cn(C)c(=O)cc1CC. The average molecular weight is 471 g/mol. The van der Waals surface area contributed by atoms with Gasteiger partial charge in [0.1, 0.15) is 17.3 Å². The highest BCUT2D eigenvalue weighted by Crippen LogP contribution is 2.39. The molecule has 0 bridgehead atoms. The molecule has 0 aliphatic carbocycles. The van der Waals surface area contributed by atoms with Crippen molar-refractivity contribution in [2.75, 3.05) is 0 Å². The average Bonchev–Trinajstić information content (AvgIpc) is 2.76. The second kappa shape index (κ2) is 9.72. The van der Waals surface area contributed by atoms with Gasteiger partial charge in [-0.25, -0.2) is 17.5 Å². The Balaban J connectivity index is 2.25. The van der Waals surface area contributed by atoms with Crippen molar-refractivity contribution in [3.63, 3.8) is 0 Å². The summed E-state index contributed by atoms with van der Waals surface area (Å²) in [5.41, 5.74) is 3.98. The van der Waals surface area contributed by atoms with E-state index >= 15 is 0 Å². The van der Waals surface area contributed by atoms with E-state index in [1.807, 2.05) is 6.92 Å². The first-order valence-electron chi connectivity index (χ1n) is 10.4. The standard InChI is InChI=1S/C25H27FN2O4S/c1-6-18-13-23(29)28(5)15-21(18)24-19(14-27-33(30,31)7-2)9-8-10-22(24)32-25-16(3)11-20(26)12-17(25)4/h7-13,15,27H,2,6,14H2,1,3-5H3.